The number of rotatable bonds is 4. The van der Waals surface area contributed by atoms with Crippen LogP contribution in [-0.2, 0) is 17.8 Å². The molecule has 0 radical (unpaired) electrons. The van der Waals surface area contributed by atoms with E-state index in [4.69, 9.17) is 0 Å². The second-order valence-corrected chi connectivity index (χ2v) is 10.5. The molecule has 1 N–H and O–H groups in total. The number of nitrogens with zero attached hydrogens (tertiary/aromatic N) is 4. The van der Waals surface area contributed by atoms with Gasteiger partial charge in [0.05, 0.1) is 24.3 Å². The van der Waals surface area contributed by atoms with E-state index in [1.54, 1.807) is 24.8 Å². The van der Waals surface area contributed by atoms with Gasteiger partial charge in [0, 0.05) is 48.0 Å². The van der Waals surface area contributed by atoms with Crippen molar-refractivity contribution in [3.63, 3.8) is 0 Å². The number of carbonyl (C=O) groups excluding carboxylic acids is 1. The molecule has 0 fully saturated rings. The molecule has 2 aliphatic heterocycles. The minimum atomic E-state index is -0.253. The standard InChI is InChI=1S/C17H24N4O.C11H14FN/c1-5-11-12(8-18-15(11)17(2,3)4)16(22)21-7-6-13-14(9-21)20-10-19-13;1-8(2)7-13-11-9(3)5-4-6-10(11)12/h8,10-11H,5-7,9H2,1-4H3,(H,19,20);4-8H,1-3H3. The number of H-pyrrole nitrogens is 1. The maximum atomic E-state index is 13.2. The smallest absolute Gasteiger partial charge is 0.252 e. The number of benzene rings is 1. The summed E-state index contributed by atoms with van der Waals surface area (Å²) in [4.78, 5) is 31.0. The van der Waals surface area contributed by atoms with Crippen LogP contribution in [0.5, 0.6) is 0 Å². The summed E-state index contributed by atoms with van der Waals surface area (Å²) >= 11 is 0. The van der Waals surface area contributed by atoms with Crippen LogP contribution < -0.4 is 0 Å². The van der Waals surface area contributed by atoms with Crippen LogP contribution in [0.25, 0.3) is 0 Å². The molecule has 0 spiro atoms. The van der Waals surface area contributed by atoms with Crippen molar-refractivity contribution in [3.05, 3.63) is 59.1 Å². The number of para-hydroxylation sites is 1. The number of halogens is 1. The summed E-state index contributed by atoms with van der Waals surface area (Å²) in [6.07, 6.45) is 6.99. The SMILES string of the molecule is CCC1C(C(=O)N2CCc3nc[nH]c3C2)=CN=C1C(C)(C)C.Cc1cccc(F)c1N=CC(C)C. The number of imidazole rings is 1. The number of amides is 1. The number of hydrogen-bond acceptors (Lipinski definition) is 4. The van der Waals surface area contributed by atoms with E-state index in [1.807, 2.05) is 31.7 Å². The second kappa shape index (κ2) is 11.1. The average molecular weight is 480 g/mol. The van der Waals surface area contributed by atoms with Crippen LogP contribution in [0.2, 0.25) is 0 Å². The molecular weight excluding hydrogens is 441 g/mol. The van der Waals surface area contributed by atoms with E-state index in [0.717, 1.165) is 47.6 Å². The molecule has 0 saturated carbocycles. The Kier molecular flexibility index (Phi) is 8.41. The maximum absolute atomic E-state index is 13.2. The molecule has 2 aromatic rings. The van der Waals surface area contributed by atoms with Crippen molar-refractivity contribution in [2.75, 3.05) is 6.54 Å². The van der Waals surface area contributed by atoms with E-state index < -0.39 is 0 Å². The van der Waals surface area contributed by atoms with E-state index in [-0.39, 0.29) is 23.1 Å². The molecule has 188 valence electrons. The van der Waals surface area contributed by atoms with Crippen molar-refractivity contribution < 1.29 is 9.18 Å². The van der Waals surface area contributed by atoms with Gasteiger partial charge in [0.2, 0.25) is 0 Å². The van der Waals surface area contributed by atoms with E-state index in [2.05, 4.69) is 47.6 Å². The second-order valence-electron chi connectivity index (χ2n) is 10.5. The number of aliphatic imine (C=N–C) groups is 2. The predicted molar refractivity (Wildman–Crippen MR) is 141 cm³/mol. The van der Waals surface area contributed by atoms with Gasteiger partial charge in [-0.05, 0) is 30.9 Å². The third-order valence-electron chi connectivity index (χ3n) is 6.22. The topological polar surface area (TPSA) is 73.7 Å². The molecular formula is C28H38FN5O. The molecule has 0 bridgehead atoms. The molecule has 1 amide bonds. The zero-order chi connectivity index (χ0) is 25.8. The van der Waals surface area contributed by atoms with Gasteiger partial charge in [-0.3, -0.25) is 14.8 Å². The number of carbonyl (C=O) groups is 1. The lowest BCUT2D eigenvalue weighted by molar-refractivity contribution is -0.128. The van der Waals surface area contributed by atoms with Crippen LogP contribution in [0.4, 0.5) is 10.1 Å². The summed E-state index contributed by atoms with van der Waals surface area (Å²) in [6.45, 7) is 15.8. The van der Waals surface area contributed by atoms with Gasteiger partial charge in [-0.2, -0.15) is 0 Å². The van der Waals surface area contributed by atoms with Gasteiger partial charge in [-0.15, -0.1) is 0 Å². The van der Waals surface area contributed by atoms with E-state index in [0.29, 0.717) is 18.2 Å². The first-order valence-corrected chi connectivity index (χ1v) is 12.4. The van der Waals surface area contributed by atoms with Gasteiger partial charge in [-0.25, -0.2) is 9.37 Å². The summed E-state index contributed by atoms with van der Waals surface area (Å²) in [6, 6.07) is 4.98. The zero-order valence-electron chi connectivity index (χ0n) is 22.0. The number of fused-ring (bicyclic) bond motifs is 1. The minimum absolute atomic E-state index is 0.00233. The zero-order valence-corrected chi connectivity index (χ0v) is 22.0. The molecule has 6 nitrogen and oxygen atoms in total. The van der Waals surface area contributed by atoms with E-state index >= 15 is 0 Å². The molecule has 0 saturated heterocycles. The first kappa shape index (κ1) is 26.5. The van der Waals surface area contributed by atoms with Crippen LogP contribution in [0, 0.1) is 30.0 Å². The highest BCUT2D eigenvalue weighted by Gasteiger charge is 2.37. The third-order valence-corrected chi connectivity index (χ3v) is 6.22. The van der Waals surface area contributed by atoms with Crippen LogP contribution in [0.3, 0.4) is 0 Å². The molecule has 35 heavy (non-hydrogen) atoms. The molecule has 1 aromatic carbocycles. The Bertz CT molecular complexity index is 1120. The maximum Gasteiger partial charge on any atom is 0.252 e. The first-order valence-electron chi connectivity index (χ1n) is 12.4. The summed E-state index contributed by atoms with van der Waals surface area (Å²) in [7, 11) is 0. The quantitative estimate of drug-likeness (QED) is 0.530. The van der Waals surface area contributed by atoms with Crippen LogP contribution in [0.1, 0.15) is 64.9 Å². The van der Waals surface area contributed by atoms with Gasteiger partial charge in [0.1, 0.15) is 11.5 Å². The van der Waals surface area contributed by atoms with Crippen molar-refractivity contribution >= 4 is 23.5 Å². The van der Waals surface area contributed by atoms with Crippen LogP contribution >= 0.6 is 0 Å². The fraction of sp³-hybridized carbons (Fsp3) is 0.500. The van der Waals surface area contributed by atoms with Gasteiger partial charge >= 0.3 is 0 Å². The van der Waals surface area contributed by atoms with Crippen molar-refractivity contribution in [1.82, 2.24) is 14.9 Å². The van der Waals surface area contributed by atoms with Gasteiger partial charge in [0.25, 0.3) is 5.91 Å². The Labute approximate surface area is 208 Å². The summed E-state index contributed by atoms with van der Waals surface area (Å²) < 4.78 is 13.2. The Morgan fingerprint density at radius 3 is 2.71 bits per heavy atom. The van der Waals surface area contributed by atoms with Crippen molar-refractivity contribution in [3.8, 4) is 0 Å². The summed E-state index contributed by atoms with van der Waals surface area (Å²) in [5, 5.41) is 0. The lowest BCUT2D eigenvalue weighted by Crippen LogP contribution is -2.39. The van der Waals surface area contributed by atoms with Gasteiger partial charge < -0.3 is 9.88 Å². The van der Waals surface area contributed by atoms with E-state index in [1.165, 1.54) is 6.07 Å². The predicted octanol–water partition coefficient (Wildman–Crippen LogP) is 6.20. The fourth-order valence-corrected chi connectivity index (χ4v) is 4.38. The number of aryl methyl sites for hydroxylation is 1. The van der Waals surface area contributed by atoms with Crippen LogP contribution in [-0.4, -0.2) is 39.2 Å². The molecule has 7 heteroatoms. The number of aromatic amines is 1. The van der Waals surface area contributed by atoms with Gasteiger partial charge in [-0.1, -0.05) is 53.7 Å². The Balaban J connectivity index is 0.000000225. The molecule has 1 aromatic heterocycles. The molecule has 2 aliphatic rings. The molecule has 0 aliphatic carbocycles. The van der Waals surface area contributed by atoms with E-state index in [9.17, 15) is 9.18 Å². The lowest BCUT2D eigenvalue weighted by Gasteiger charge is -2.30. The normalized spacial score (nSPS) is 17.7. The number of nitrogens with one attached hydrogen (secondary N) is 1. The Hall–Kier alpha value is -3.09. The lowest BCUT2D eigenvalue weighted by atomic mass is 9.79. The highest BCUT2D eigenvalue weighted by atomic mass is 19.1. The summed E-state index contributed by atoms with van der Waals surface area (Å²) in [5.41, 5.74) is 5.44. The Morgan fingerprint density at radius 1 is 1.34 bits per heavy atom. The number of hydrogen-bond donors (Lipinski definition) is 1. The largest absolute Gasteiger partial charge is 0.347 e. The average Bonchev–Trinajstić information content (AvgIpc) is 3.44. The number of aromatic nitrogens is 2. The first-order chi connectivity index (χ1) is 16.5. The highest BCUT2D eigenvalue weighted by Crippen LogP contribution is 2.34. The highest BCUT2D eigenvalue weighted by molar-refractivity contribution is 6.06. The molecule has 4 rings (SSSR count). The Morgan fingerprint density at radius 2 is 2.09 bits per heavy atom. The molecule has 1 atom stereocenters. The van der Waals surface area contributed by atoms with Gasteiger partial charge in [0.15, 0.2) is 0 Å². The fourth-order valence-electron chi connectivity index (χ4n) is 4.38. The van der Waals surface area contributed by atoms with Crippen molar-refractivity contribution in [2.24, 2.45) is 27.2 Å². The molecule has 1 unspecified atom stereocenters. The third kappa shape index (κ3) is 6.32. The van der Waals surface area contributed by atoms with Crippen molar-refractivity contribution in [2.45, 2.75) is 67.9 Å². The summed E-state index contributed by atoms with van der Waals surface area (Å²) in [5.74, 6) is 0.363. The molecule has 3 heterocycles. The van der Waals surface area contributed by atoms with Crippen LogP contribution in [0.15, 0.2) is 46.3 Å². The minimum Gasteiger partial charge on any atom is -0.347 e. The monoisotopic (exact) mass is 479 g/mol. The van der Waals surface area contributed by atoms with Crippen molar-refractivity contribution in [1.29, 1.82) is 0 Å².